The molecule has 0 spiro atoms. The quantitative estimate of drug-likeness (QED) is 0.805. The van der Waals surface area contributed by atoms with E-state index < -0.39 is 0 Å². The highest BCUT2D eigenvalue weighted by atomic mass is 35.5. The lowest BCUT2D eigenvalue weighted by Gasteiger charge is -2.34. The first-order valence-electron chi connectivity index (χ1n) is 8.68. The van der Waals surface area contributed by atoms with Crippen molar-refractivity contribution in [1.29, 1.82) is 0 Å². The van der Waals surface area contributed by atoms with Gasteiger partial charge in [-0.3, -0.25) is 4.79 Å². The molecule has 0 radical (unpaired) electrons. The smallest absolute Gasteiger partial charge is 0.317 e. The molecule has 3 amide bonds. The third-order valence-corrected chi connectivity index (χ3v) is 4.46. The molecule has 9 heteroatoms. The molecule has 1 aliphatic heterocycles. The Balaban J connectivity index is 1.37. The van der Waals surface area contributed by atoms with E-state index in [9.17, 15) is 9.59 Å². The highest BCUT2D eigenvalue weighted by Gasteiger charge is 2.22. The number of benzene rings is 1. The van der Waals surface area contributed by atoms with Crippen LogP contribution >= 0.6 is 11.6 Å². The molecule has 1 fully saturated rings. The summed E-state index contributed by atoms with van der Waals surface area (Å²) in [6.07, 6.45) is 3.40. The van der Waals surface area contributed by atoms with Gasteiger partial charge in [-0.2, -0.15) is 0 Å². The average Bonchev–Trinajstić information content (AvgIpc) is 2.72. The molecule has 2 heterocycles. The lowest BCUT2D eigenvalue weighted by molar-refractivity contribution is -0.120. The van der Waals surface area contributed by atoms with Crippen molar-refractivity contribution in [2.75, 3.05) is 37.6 Å². The molecule has 27 heavy (non-hydrogen) atoms. The molecule has 8 nitrogen and oxygen atoms in total. The molecule has 1 aromatic carbocycles. The van der Waals surface area contributed by atoms with Crippen molar-refractivity contribution in [1.82, 2.24) is 25.5 Å². The Bertz CT molecular complexity index is 763. The van der Waals surface area contributed by atoms with Crippen LogP contribution in [0.5, 0.6) is 0 Å². The molecule has 2 N–H and O–H groups in total. The van der Waals surface area contributed by atoms with Crippen molar-refractivity contribution < 1.29 is 9.59 Å². The summed E-state index contributed by atoms with van der Waals surface area (Å²) in [4.78, 5) is 36.3. The van der Waals surface area contributed by atoms with Crippen molar-refractivity contribution >= 4 is 29.5 Å². The molecular weight excluding hydrogens is 368 g/mol. The van der Waals surface area contributed by atoms with Gasteiger partial charge in [0.25, 0.3) is 0 Å². The summed E-state index contributed by atoms with van der Waals surface area (Å²) in [7, 11) is 0. The largest absolute Gasteiger partial charge is 0.350 e. The zero-order chi connectivity index (χ0) is 19.1. The maximum absolute atomic E-state index is 12.2. The monoisotopic (exact) mass is 388 g/mol. The Labute approximate surface area is 162 Å². The van der Waals surface area contributed by atoms with Gasteiger partial charge in [0.05, 0.1) is 6.54 Å². The van der Waals surface area contributed by atoms with Gasteiger partial charge in [0.1, 0.15) is 0 Å². The average molecular weight is 389 g/mol. The van der Waals surface area contributed by atoms with E-state index >= 15 is 0 Å². The highest BCUT2D eigenvalue weighted by Crippen LogP contribution is 2.10. The number of halogens is 1. The Morgan fingerprint density at radius 1 is 1.00 bits per heavy atom. The normalized spacial score (nSPS) is 14.0. The second kappa shape index (κ2) is 9.18. The second-order valence-electron chi connectivity index (χ2n) is 6.08. The summed E-state index contributed by atoms with van der Waals surface area (Å²) in [5, 5.41) is 6.07. The first-order chi connectivity index (χ1) is 13.1. The van der Waals surface area contributed by atoms with E-state index in [1.165, 1.54) is 0 Å². The zero-order valence-electron chi connectivity index (χ0n) is 14.8. The van der Waals surface area contributed by atoms with Crippen molar-refractivity contribution in [2.24, 2.45) is 0 Å². The van der Waals surface area contributed by atoms with Gasteiger partial charge >= 0.3 is 6.03 Å². The van der Waals surface area contributed by atoms with Gasteiger partial charge in [0, 0.05) is 50.1 Å². The third-order valence-electron chi connectivity index (χ3n) is 4.20. The van der Waals surface area contributed by atoms with E-state index in [1.54, 1.807) is 35.5 Å². The van der Waals surface area contributed by atoms with Crippen LogP contribution < -0.4 is 15.5 Å². The highest BCUT2D eigenvalue weighted by molar-refractivity contribution is 6.30. The first kappa shape index (κ1) is 18.9. The standard InChI is InChI=1S/C18H21ClN6O2/c19-15-4-2-14(3-5-15)12-22-16(26)13-23-18(27)25-10-8-24(9-11-25)17-20-6-1-7-21-17/h1-7H,8-13H2,(H,22,26)(H,23,27). The van der Waals surface area contributed by atoms with Gasteiger partial charge < -0.3 is 20.4 Å². The molecule has 3 rings (SSSR count). The minimum atomic E-state index is -0.245. The number of nitrogens with zero attached hydrogens (tertiary/aromatic N) is 4. The molecule has 0 saturated carbocycles. The van der Waals surface area contributed by atoms with Gasteiger partial charge in [0.2, 0.25) is 11.9 Å². The van der Waals surface area contributed by atoms with Crippen LogP contribution in [0.3, 0.4) is 0 Å². The predicted molar refractivity (Wildman–Crippen MR) is 103 cm³/mol. The van der Waals surface area contributed by atoms with E-state index in [4.69, 9.17) is 11.6 Å². The van der Waals surface area contributed by atoms with Gasteiger partial charge in [-0.25, -0.2) is 14.8 Å². The van der Waals surface area contributed by atoms with Crippen LogP contribution in [0.25, 0.3) is 0 Å². The number of anilines is 1. The summed E-state index contributed by atoms with van der Waals surface area (Å²) in [5.41, 5.74) is 0.943. The fourth-order valence-corrected chi connectivity index (χ4v) is 2.82. The maximum Gasteiger partial charge on any atom is 0.317 e. The number of amides is 3. The Hall–Kier alpha value is -2.87. The second-order valence-corrected chi connectivity index (χ2v) is 6.52. The molecule has 0 aliphatic carbocycles. The first-order valence-corrected chi connectivity index (χ1v) is 9.05. The lowest BCUT2D eigenvalue weighted by atomic mass is 10.2. The van der Waals surface area contributed by atoms with Crippen molar-refractivity contribution in [3.05, 3.63) is 53.3 Å². The van der Waals surface area contributed by atoms with Gasteiger partial charge in [-0.15, -0.1) is 0 Å². The predicted octanol–water partition coefficient (Wildman–Crippen LogP) is 1.28. The van der Waals surface area contributed by atoms with E-state index in [1.807, 2.05) is 17.0 Å². The Morgan fingerprint density at radius 3 is 2.33 bits per heavy atom. The van der Waals surface area contributed by atoms with Crippen LogP contribution in [0.15, 0.2) is 42.7 Å². The molecule has 0 atom stereocenters. The number of hydrogen-bond donors (Lipinski definition) is 2. The number of piperazine rings is 1. The zero-order valence-corrected chi connectivity index (χ0v) is 15.5. The van der Waals surface area contributed by atoms with E-state index in [2.05, 4.69) is 20.6 Å². The summed E-state index contributed by atoms with van der Waals surface area (Å²) in [6, 6.07) is 8.75. The van der Waals surface area contributed by atoms with E-state index in [0.717, 1.165) is 5.56 Å². The Morgan fingerprint density at radius 2 is 1.67 bits per heavy atom. The van der Waals surface area contributed by atoms with E-state index in [0.29, 0.717) is 43.7 Å². The van der Waals surface area contributed by atoms with Gasteiger partial charge in [0.15, 0.2) is 0 Å². The number of carbonyl (C=O) groups excluding carboxylic acids is 2. The Kier molecular flexibility index (Phi) is 6.43. The summed E-state index contributed by atoms with van der Waals surface area (Å²) < 4.78 is 0. The number of nitrogens with one attached hydrogen (secondary N) is 2. The van der Waals surface area contributed by atoms with Crippen LogP contribution in [0.2, 0.25) is 5.02 Å². The van der Waals surface area contributed by atoms with Crippen LogP contribution in [-0.4, -0.2) is 59.5 Å². The molecule has 2 aromatic rings. The molecule has 0 unspecified atom stereocenters. The van der Waals surface area contributed by atoms with Crippen molar-refractivity contribution in [3.63, 3.8) is 0 Å². The summed E-state index contributed by atoms with van der Waals surface area (Å²) in [6.45, 7) is 2.74. The number of urea groups is 1. The fraction of sp³-hybridized carbons (Fsp3) is 0.333. The number of rotatable bonds is 5. The minimum absolute atomic E-state index is 0.0611. The van der Waals surface area contributed by atoms with Gasteiger partial charge in [-0.1, -0.05) is 23.7 Å². The number of aromatic nitrogens is 2. The third kappa shape index (κ3) is 5.55. The molecular formula is C18H21ClN6O2. The SMILES string of the molecule is O=C(CNC(=O)N1CCN(c2ncccn2)CC1)NCc1ccc(Cl)cc1. The van der Waals surface area contributed by atoms with Gasteiger partial charge in [-0.05, 0) is 23.8 Å². The fourth-order valence-electron chi connectivity index (χ4n) is 2.70. The lowest BCUT2D eigenvalue weighted by Crippen LogP contribution is -2.53. The van der Waals surface area contributed by atoms with Crippen LogP contribution in [0, 0.1) is 0 Å². The van der Waals surface area contributed by atoms with Crippen molar-refractivity contribution in [2.45, 2.75) is 6.54 Å². The number of carbonyl (C=O) groups is 2. The maximum atomic E-state index is 12.2. The van der Waals surface area contributed by atoms with Crippen LogP contribution in [-0.2, 0) is 11.3 Å². The molecule has 142 valence electrons. The molecule has 1 aliphatic rings. The summed E-state index contributed by atoms with van der Waals surface area (Å²) in [5.74, 6) is 0.425. The number of hydrogen-bond acceptors (Lipinski definition) is 5. The molecule has 0 bridgehead atoms. The van der Waals surface area contributed by atoms with E-state index in [-0.39, 0.29) is 18.5 Å². The minimum Gasteiger partial charge on any atom is -0.350 e. The van der Waals surface area contributed by atoms with Crippen molar-refractivity contribution in [3.8, 4) is 0 Å². The van der Waals surface area contributed by atoms with Crippen LogP contribution in [0.4, 0.5) is 10.7 Å². The summed E-state index contributed by atoms with van der Waals surface area (Å²) >= 11 is 5.83. The topological polar surface area (TPSA) is 90.5 Å². The van der Waals surface area contributed by atoms with Crippen LogP contribution in [0.1, 0.15) is 5.56 Å². The molecule has 1 aromatic heterocycles. The molecule has 1 saturated heterocycles.